The Bertz CT molecular complexity index is 750. The molecule has 1 aromatic carbocycles. The number of carbonyl (C=O) groups is 2. The molecule has 0 aromatic heterocycles. The van der Waals surface area contributed by atoms with Crippen LogP contribution in [0, 0.1) is 0 Å². The number of halogens is 1. The van der Waals surface area contributed by atoms with Gasteiger partial charge in [0.15, 0.2) is 5.96 Å². The Morgan fingerprint density at radius 1 is 1.07 bits per heavy atom. The van der Waals surface area contributed by atoms with Gasteiger partial charge in [-0.1, -0.05) is 18.2 Å². The minimum Gasteiger partial charge on any atom is -0.450 e. The molecule has 3 rings (SSSR count). The van der Waals surface area contributed by atoms with Crippen molar-refractivity contribution in [3.8, 4) is 0 Å². The van der Waals surface area contributed by atoms with E-state index in [1.54, 1.807) is 4.90 Å². The molecule has 0 radical (unpaired) electrons. The monoisotopic (exact) mass is 529 g/mol. The summed E-state index contributed by atoms with van der Waals surface area (Å²) < 4.78 is 5.07. The Morgan fingerprint density at radius 2 is 1.77 bits per heavy atom. The average molecular weight is 529 g/mol. The van der Waals surface area contributed by atoms with E-state index >= 15 is 0 Å². The smallest absolute Gasteiger partial charge is 0.409 e. The van der Waals surface area contributed by atoms with Gasteiger partial charge >= 0.3 is 6.09 Å². The van der Waals surface area contributed by atoms with Crippen molar-refractivity contribution in [3.63, 3.8) is 0 Å². The third-order valence-corrected chi connectivity index (χ3v) is 5.22. The van der Waals surface area contributed by atoms with Crippen LogP contribution in [0.1, 0.15) is 25.8 Å². The molecule has 166 valence electrons. The lowest BCUT2D eigenvalue weighted by atomic mass is 10.0. The number of piperazine rings is 1. The number of benzene rings is 1. The van der Waals surface area contributed by atoms with Crippen molar-refractivity contribution >= 4 is 47.6 Å². The van der Waals surface area contributed by atoms with Crippen LogP contribution in [0.2, 0.25) is 0 Å². The van der Waals surface area contributed by atoms with Gasteiger partial charge < -0.3 is 24.8 Å². The number of para-hydroxylation sites is 1. The van der Waals surface area contributed by atoms with Gasteiger partial charge in [0.2, 0.25) is 5.91 Å². The molecule has 0 atom stereocenters. The predicted octanol–water partition coefficient (Wildman–Crippen LogP) is 2.32. The number of fused-ring (bicyclic) bond motifs is 1. The summed E-state index contributed by atoms with van der Waals surface area (Å²) in [7, 11) is 0. The summed E-state index contributed by atoms with van der Waals surface area (Å²) in [6.07, 6.45) is 1.71. The number of ether oxygens (including phenoxy) is 1. The highest BCUT2D eigenvalue weighted by Crippen LogP contribution is 2.26. The Balaban J connectivity index is 0.00000320. The third kappa shape index (κ3) is 5.99. The lowest BCUT2D eigenvalue weighted by molar-refractivity contribution is -0.117. The predicted molar refractivity (Wildman–Crippen MR) is 129 cm³/mol. The highest BCUT2D eigenvalue weighted by molar-refractivity contribution is 14.0. The Kier molecular flexibility index (Phi) is 9.67. The standard InChI is InChI=1S/C21H31N5O3.HI/c1-3-22-20(24-12-14-25(15-13-24)21(28)29-4-2)23-16-19(27)26-11-7-9-17-8-5-6-10-18(17)26;/h5-6,8,10H,3-4,7,9,11-16H2,1-2H3,(H,22,23);1H. The molecule has 9 heteroatoms. The average Bonchev–Trinajstić information content (AvgIpc) is 2.76. The SMILES string of the molecule is CCNC(=NCC(=O)N1CCCc2ccccc21)N1CCN(C(=O)OCC)CC1.I. The quantitative estimate of drug-likeness (QED) is 0.368. The van der Waals surface area contributed by atoms with E-state index in [4.69, 9.17) is 4.74 Å². The highest BCUT2D eigenvalue weighted by atomic mass is 127. The molecule has 0 unspecified atom stereocenters. The summed E-state index contributed by atoms with van der Waals surface area (Å²) in [5.41, 5.74) is 2.23. The van der Waals surface area contributed by atoms with Gasteiger partial charge in [0.1, 0.15) is 6.54 Å². The van der Waals surface area contributed by atoms with Crippen LogP contribution in [0.5, 0.6) is 0 Å². The molecule has 1 saturated heterocycles. The van der Waals surface area contributed by atoms with Crippen molar-refractivity contribution in [2.75, 3.05) is 57.3 Å². The molecule has 2 aliphatic rings. The van der Waals surface area contributed by atoms with E-state index in [0.29, 0.717) is 32.8 Å². The molecule has 1 aromatic rings. The first kappa shape index (κ1) is 24.2. The van der Waals surface area contributed by atoms with Crippen LogP contribution in [-0.2, 0) is 16.0 Å². The van der Waals surface area contributed by atoms with E-state index < -0.39 is 0 Å². The maximum absolute atomic E-state index is 12.9. The molecule has 1 fully saturated rings. The first-order valence-corrected chi connectivity index (χ1v) is 10.5. The summed E-state index contributed by atoms with van der Waals surface area (Å²) in [5, 5.41) is 3.27. The van der Waals surface area contributed by atoms with Crippen molar-refractivity contribution in [3.05, 3.63) is 29.8 Å². The number of aliphatic imine (C=N–C) groups is 1. The van der Waals surface area contributed by atoms with Gasteiger partial charge in [0.25, 0.3) is 0 Å². The second-order valence-electron chi connectivity index (χ2n) is 7.12. The van der Waals surface area contributed by atoms with Crippen molar-refractivity contribution in [1.82, 2.24) is 15.1 Å². The van der Waals surface area contributed by atoms with Crippen molar-refractivity contribution in [1.29, 1.82) is 0 Å². The van der Waals surface area contributed by atoms with Gasteiger partial charge in [-0.15, -0.1) is 24.0 Å². The molecule has 0 saturated carbocycles. The molecule has 2 aliphatic heterocycles. The van der Waals surface area contributed by atoms with Gasteiger partial charge in [-0.3, -0.25) is 4.79 Å². The van der Waals surface area contributed by atoms with E-state index in [1.165, 1.54) is 5.56 Å². The molecule has 2 amide bonds. The number of aryl methyl sites for hydroxylation is 1. The maximum Gasteiger partial charge on any atom is 0.409 e. The Morgan fingerprint density at radius 3 is 2.47 bits per heavy atom. The van der Waals surface area contributed by atoms with Crippen LogP contribution >= 0.6 is 24.0 Å². The third-order valence-electron chi connectivity index (χ3n) is 5.22. The normalized spacial score (nSPS) is 16.5. The molecule has 30 heavy (non-hydrogen) atoms. The van der Waals surface area contributed by atoms with Crippen LogP contribution in [0.15, 0.2) is 29.3 Å². The minimum atomic E-state index is -0.270. The number of nitrogens with one attached hydrogen (secondary N) is 1. The van der Waals surface area contributed by atoms with E-state index in [0.717, 1.165) is 37.6 Å². The summed E-state index contributed by atoms with van der Waals surface area (Å²) in [6.45, 7) is 8.23. The van der Waals surface area contributed by atoms with Gasteiger partial charge in [0.05, 0.1) is 6.61 Å². The minimum absolute atomic E-state index is 0. The molecule has 8 nitrogen and oxygen atoms in total. The summed E-state index contributed by atoms with van der Waals surface area (Å²) in [5.74, 6) is 0.729. The number of nitrogens with zero attached hydrogens (tertiary/aromatic N) is 4. The van der Waals surface area contributed by atoms with Crippen LogP contribution in [0.4, 0.5) is 10.5 Å². The molecular weight excluding hydrogens is 497 g/mol. The number of anilines is 1. The molecule has 0 bridgehead atoms. The Hall–Kier alpha value is -2.04. The Labute approximate surface area is 195 Å². The molecule has 0 spiro atoms. The fourth-order valence-electron chi connectivity index (χ4n) is 3.76. The van der Waals surface area contributed by atoms with E-state index in [2.05, 4.69) is 21.3 Å². The molecular formula is C21H32IN5O3. The number of guanidine groups is 1. The van der Waals surface area contributed by atoms with Crippen molar-refractivity contribution in [2.24, 2.45) is 4.99 Å². The van der Waals surface area contributed by atoms with Crippen LogP contribution in [-0.4, -0.2) is 80.2 Å². The van der Waals surface area contributed by atoms with Gasteiger partial charge in [-0.2, -0.15) is 0 Å². The van der Waals surface area contributed by atoms with Crippen LogP contribution in [0.25, 0.3) is 0 Å². The largest absolute Gasteiger partial charge is 0.450 e. The zero-order chi connectivity index (χ0) is 20.6. The zero-order valence-corrected chi connectivity index (χ0v) is 20.1. The summed E-state index contributed by atoms with van der Waals surface area (Å²) in [6, 6.07) is 8.09. The fourth-order valence-corrected chi connectivity index (χ4v) is 3.76. The number of hydrogen-bond donors (Lipinski definition) is 1. The van der Waals surface area contributed by atoms with Crippen molar-refractivity contribution in [2.45, 2.75) is 26.7 Å². The molecule has 2 heterocycles. The second-order valence-corrected chi connectivity index (χ2v) is 7.12. The lowest BCUT2D eigenvalue weighted by Crippen LogP contribution is -2.54. The van der Waals surface area contributed by atoms with E-state index in [1.807, 2.05) is 36.9 Å². The lowest BCUT2D eigenvalue weighted by Gasteiger charge is -2.36. The summed E-state index contributed by atoms with van der Waals surface area (Å²) in [4.78, 5) is 35.0. The van der Waals surface area contributed by atoms with E-state index in [9.17, 15) is 9.59 Å². The maximum atomic E-state index is 12.9. The first-order chi connectivity index (χ1) is 14.1. The van der Waals surface area contributed by atoms with Gasteiger partial charge in [0, 0.05) is 45.0 Å². The topological polar surface area (TPSA) is 77.5 Å². The first-order valence-electron chi connectivity index (χ1n) is 10.5. The molecule has 1 N–H and O–H groups in total. The van der Waals surface area contributed by atoms with Crippen LogP contribution < -0.4 is 10.2 Å². The van der Waals surface area contributed by atoms with Gasteiger partial charge in [-0.05, 0) is 38.3 Å². The highest BCUT2D eigenvalue weighted by Gasteiger charge is 2.25. The van der Waals surface area contributed by atoms with Crippen LogP contribution in [0.3, 0.4) is 0 Å². The number of hydrogen-bond acceptors (Lipinski definition) is 4. The molecule has 0 aliphatic carbocycles. The van der Waals surface area contributed by atoms with Crippen molar-refractivity contribution < 1.29 is 14.3 Å². The van der Waals surface area contributed by atoms with Gasteiger partial charge in [-0.25, -0.2) is 9.79 Å². The second kappa shape index (κ2) is 12.0. The van der Waals surface area contributed by atoms with E-state index in [-0.39, 0.29) is 42.5 Å². The number of amides is 2. The number of rotatable bonds is 4. The number of carbonyl (C=O) groups excluding carboxylic acids is 2. The zero-order valence-electron chi connectivity index (χ0n) is 17.8. The summed E-state index contributed by atoms with van der Waals surface area (Å²) >= 11 is 0. The fraction of sp³-hybridized carbons (Fsp3) is 0.571.